The summed E-state index contributed by atoms with van der Waals surface area (Å²) in [6, 6.07) is 0. The molecule has 6 nitrogen and oxygen atoms in total. The average molecular weight is 720 g/mol. The molecule has 2 amide bonds. The normalized spacial score (nSPS) is 9.38. The van der Waals surface area contributed by atoms with Gasteiger partial charge in [0.15, 0.2) is 0 Å². The number of nitrogens with one attached hydrogen (secondary N) is 2. The molecule has 0 aromatic rings. The van der Waals surface area contributed by atoms with Crippen LogP contribution in [0.4, 0.5) is 0 Å². The second kappa shape index (κ2) is 62.9. The zero-order chi connectivity index (χ0) is 32.4. The molecule has 0 aliphatic rings. The fraction of sp³-hybridized carbons (Fsp3) is 0.944. The minimum absolute atomic E-state index is 0. The number of hydrogen-bond donors (Lipinski definition) is 2. The number of carbonyl (C=O) groups is 2. The topological polar surface area (TPSA) is 122 Å². The molecule has 272 valence electrons. The van der Waals surface area contributed by atoms with Crippen LogP contribution in [0.15, 0.2) is 0 Å². The molecule has 0 rings (SSSR count). The third kappa shape index (κ3) is 86.3. The summed E-state index contributed by atoms with van der Waals surface area (Å²) in [6.45, 7) is 9.55. The van der Waals surface area contributed by atoms with Gasteiger partial charge in [0.25, 0.3) is 0 Å². The SMILES string of the molecule is CCCCCCCC([NH-])=O.CCCCCCCC([NH-])=O.CCCCCCCCCCO.CCCCCCCCCCO.[Cl-].[Cl-].[Ti+4]. The Morgan fingerprint density at radius 1 is 0.378 bits per heavy atom. The largest absolute Gasteiger partial charge is 4.00 e. The molecular formula is C36H76Cl2N2O4Ti. The molecule has 0 atom stereocenters. The van der Waals surface area contributed by atoms with Crippen LogP contribution in [-0.2, 0) is 31.3 Å². The molecule has 45 heavy (non-hydrogen) atoms. The van der Waals surface area contributed by atoms with E-state index in [-0.39, 0.29) is 46.5 Å². The summed E-state index contributed by atoms with van der Waals surface area (Å²) in [7, 11) is 0. The molecule has 0 heterocycles. The Balaban J connectivity index is -0.0000000838. The summed E-state index contributed by atoms with van der Waals surface area (Å²) >= 11 is 0. The molecule has 0 saturated heterocycles. The molecule has 0 radical (unpaired) electrons. The van der Waals surface area contributed by atoms with Gasteiger partial charge in [-0.25, -0.2) is 0 Å². The Hall–Kier alpha value is 0.154. The van der Waals surface area contributed by atoms with Gasteiger partial charge in [0, 0.05) is 25.0 Å². The number of amides is 2. The van der Waals surface area contributed by atoms with Crippen LogP contribution in [0, 0.1) is 0 Å². The first kappa shape index (κ1) is 60.5. The molecule has 0 unspecified atom stereocenters. The van der Waals surface area contributed by atoms with Gasteiger partial charge in [-0.1, -0.05) is 169 Å². The van der Waals surface area contributed by atoms with Crippen molar-refractivity contribution in [3.8, 4) is 0 Å². The van der Waals surface area contributed by atoms with Gasteiger partial charge in [0.1, 0.15) is 0 Å². The van der Waals surface area contributed by atoms with Gasteiger partial charge in [-0.05, 0) is 38.5 Å². The van der Waals surface area contributed by atoms with Crippen molar-refractivity contribution in [1.82, 2.24) is 0 Å². The van der Waals surface area contributed by atoms with E-state index in [0.717, 1.165) is 38.5 Å². The van der Waals surface area contributed by atoms with Crippen LogP contribution >= 0.6 is 0 Å². The second-order valence-corrected chi connectivity index (χ2v) is 11.6. The Morgan fingerprint density at radius 3 is 0.733 bits per heavy atom. The summed E-state index contributed by atoms with van der Waals surface area (Å²) in [5.41, 5.74) is 13.2. The summed E-state index contributed by atoms with van der Waals surface area (Å²) in [5, 5.41) is 17.0. The molecule has 0 aromatic carbocycles. The first-order valence-electron chi connectivity index (χ1n) is 18.1. The number of aliphatic hydroxyl groups excluding tert-OH is 2. The molecule has 0 bridgehead atoms. The first-order chi connectivity index (χ1) is 20.4. The van der Waals surface area contributed by atoms with E-state index in [1.165, 1.54) is 128 Å². The predicted molar refractivity (Wildman–Crippen MR) is 185 cm³/mol. The number of carbonyl (C=O) groups excluding carboxylic acids is 2. The quantitative estimate of drug-likeness (QED) is 0.0751. The van der Waals surface area contributed by atoms with Gasteiger partial charge < -0.3 is 56.1 Å². The maximum absolute atomic E-state index is 10.1. The van der Waals surface area contributed by atoms with Crippen LogP contribution < -0.4 is 24.8 Å². The smallest absolute Gasteiger partial charge is 1.00 e. The Morgan fingerprint density at radius 2 is 0.556 bits per heavy atom. The summed E-state index contributed by atoms with van der Waals surface area (Å²) < 4.78 is 0. The van der Waals surface area contributed by atoms with E-state index in [2.05, 4.69) is 27.7 Å². The molecule has 9 heteroatoms. The fourth-order valence-corrected chi connectivity index (χ4v) is 4.27. The zero-order valence-corrected chi connectivity index (χ0v) is 33.3. The minimum Gasteiger partial charge on any atom is -1.00 e. The van der Waals surface area contributed by atoms with Gasteiger partial charge in [0.2, 0.25) is 0 Å². The summed E-state index contributed by atoms with van der Waals surface area (Å²) in [4.78, 5) is 20.3. The maximum atomic E-state index is 10.1. The van der Waals surface area contributed by atoms with Crippen LogP contribution in [0.25, 0.3) is 11.5 Å². The zero-order valence-electron chi connectivity index (χ0n) is 30.2. The number of rotatable bonds is 28. The molecule has 0 aliphatic heterocycles. The Bertz CT molecular complexity index is 436. The number of unbranched alkanes of at least 4 members (excludes halogenated alkanes) is 22. The first-order valence-corrected chi connectivity index (χ1v) is 18.1. The van der Waals surface area contributed by atoms with Crippen LogP contribution in [0.2, 0.25) is 0 Å². The standard InChI is InChI=1S/2C10H22O.2C8H17NO.2ClH.Ti/c2*1-2-3-4-5-6-7-8-9-10-11;2*1-2-3-4-5-6-7-8(9)10;;;/h2*11H,2-10H2,1H3;2*2-7H2,1H3,(H2,9,10);2*1H;/q;;;;;;+4/p-4. The number of halogens is 2. The Kier molecular flexibility index (Phi) is 84.5. The van der Waals surface area contributed by atoms with Crippen LogP contribution in [0.3, 0.4) is 0 Å². The van der Waals surface area contributed by atoms with Gasteiger partial charge >= 0.3 is 21.7 Å². The second-order valence-electron chi connectivity index (χ2n) is 11.6. The van der Waals surface area contributed by atoms with E-state index in [1.54, 1.807) is 0 Å². The van der Waals surface area contributed by atoms with E-state index >= 15 is 0 Å². The molecule has 0 aliphatic carbocycles. The van der Waals surface area contributed by atoms with E-state index in [1.807, 2.05) is 0 Å². The Labute approximate surface area is 308 Å². The van der Waals surface area contributed by atoms with Gasteiger partial charge in [0.05, 0.1) is 0 Å². The molecule has 0 spiro atoms. The monoisotopic (exact) mass is 718 g/mol. The van der Waals surface area contributed by atoms with Crippen molar-refractivity contribution in [2.24, 2.45) is 0 Å². The van der Waals surface area contributed by atoms with Gasteiger partial charge in [-0.15, -0.1) is 0 Å². The van der Waals surface area contributed by atoms with E-state index in [9.17, 15) is 9.59 Å². The third-order valence-corrected chi connectivity index (χ3v) is 7.04. The summed E-state index contributed by atoms with van der Waals surface area (Å²) in [6.07, 6.45) is 33.1. The predicted octanol–water partition coefficient (Wildman–Crippen LogP) is 6.10. The maximum Gasteiger partial charge on any atom is 4.00 e. The number of aliphatic hydroxyl groups is 2. The van der Waals surface area contributed by atoms with E-state index in [0.29, 0.717) is 26.1 Å². The van der Waals surface area contributed by atoms with Crippen molar-refractivity contribution in [3.05, 3.63) is 11.5 Å². The molecule has 0 fully saturated rings. The molecule has 0 aromatic heterocycles. The van der Waals surface area contributed by atoms with E-state index in [4.69, 9.17) is 21.7 Å². The van der Waals surface area contributed by atoms with Gasteiger partial charge in [-0.3, -0.25) is 0 Å². The van der Waals surface area contributed by atoms with Crippen molar-refractivity contribution >= 4 is 11.8 Å². The summed E-state index contributed by atoms with van der Waals surface area (Å²) in [5.74, 6) is -0.840. The average Bonchev–Trinajstić information content (AvgIpc) is 2.97. The van der Waals surface area contributed by atoms with Crippen molar-refractivity contribution in [3.63, 3.8) is 0 Å². The molecule has 4 N–H and O–H groups in total. The van der Waals surface area contributed by atoms with Crippen molar-refractivity contribution < 1.29 is 66.3 Å². The number of hydrogen-bond acceptors (Lipinski definition) is 4. The minimum atomic E-state index is -0.420. The van der Waals surface area contributed by atoms with Gasteiger partial charge in [-0.2, -0.15) is 0 Å². The fourth-order valence-electron chi connectivity index (χ4n) is 4.27. The van der Waals surface area contributed by atoms with E-state index < -0.39 is 11.8 Å². The van der Waals surface area contributed by atoms with Crippen LogP contribution in [0.5, 0.6) is 0 Å². The van der Waals surface area contributed by atoms with Crippen LogP contribution in [0.1, 0.15) is 207 Å². The third-order valence-electron chi connectivity index (χ3n) is 7.04. The van der Waals surface area contributed by atoms with Crippen LogP contribution in [-0.4, -0.2) is 35.2 Å². The molecular weight excluding hydrogens is 643 g/mol. The van der Waals surface area contributed by atoms with Crippen molar-refractivity contribution in [2.75, 3.05) is 13.2 Å². The van der Waals surface area contributed by atoms with Crippen molar-refractivity contribution in [2.45, 2.75) is 207 Å². The molecule has 0 saturated carbocycles. The van der Waals surface area contributed by atoms with Crippen molar-refractivity contribution in [1.29, 1.82) is 0 Å².